The summed E-state index contributed by atoms with van der Waals surface area (Å²) in [6.07, 6.45) is 4.72. The Kier molecular flexibility index (Phi) is 5.58. The van der Waals surface area contributed by atoms with Crippen LogP contribution in [-0.2, 0) is 16.1 Å². The van der Waals surface area contributed by atoms with Crippen molar-refractivity contribution in [1.29, 1.82) is 0 Å². The van der Waals surface area contributed by atoms with Crippen molar-refractivity contribution in [1.82, 2.24) is 24.9 Å². The number of hydroxylamine groups is 2. The van der Waals surface area contributed by atoms with Crippen LogP contribution in [0.1, 0.15) is 55.2 Å². The normalized spacial score (nSPS) is 23.7. The number of rotatable bonds is 4. The third kappa shape index (κ3) is 4.21. The smallest absolute Gasteiger partial charge is 0.249 e. The first-order chi connectivity index (χ1) is 15.5. The van der Waals surface area contributed by atoms with E-state index in [1.54, 1.807) is 4.63 Å². The summed E-state index contributed by atoms with van der Waals surface area (Å²) in [6.45, 7) is 2.20. The second-order valence-electron chi connectivity index (χ2n) is 8.76. The maximum Gasteiger partial charge on any atom is 0.249 e. The molecule has 1 aliphatic carbocycles. The van der Waals surface area contributed by atoms with Crippen LogP contribution in [-0.4, -0.2) is 37.4 Å². The summed E-state index contributed by atoms with van der Waals surface area (Å²) >= 11 is 0. The maximum absolute atomic E-state index is 13.7. The minimum atomic E-state index is -0.646. The number of carbonyl (C=O) groups excluding carboxylic acids is 1. The monoisotopic (exact) mass is 441 g/mol. The molecule has 3 aromatic rings. The Morgan fingerprint density at radius 3 is 2.56 bits per heavy atom. The molecule has 1 saturated heterocycles. The van der Waals surface area contributed by atoms with E-state index in [9.17, 15) is 13.6 Å². The molecule has 0 N–H and O–H groups in total. The molecule has 3 heterocycles. The van der Waals surface area contributed by atoms with Gasteiger partial charge in [-0.25, -0.2) is 18.8 Å². The molecule has 32 heavy (non-hydrogen) atoms. The highest BCUT2D eigenvalue weighted by Crippen LogP contribution is 2.37. The molecule has 0 bridgehead atoms. The molecule has 0 radical (unpaired) electrons. The Labute approximate surface area is 184 Å². The van der Waals surface area contributed by atoms with Gasteiger partial charge in [0, 0.05) is 18.4 Å². The molecule has 1 aromatic carbocycles. The lowest BCUT2D eigenvalue weighted by molar-refractivity contribution is -0.183. The fourth-order valence-electron chi connectivity index (χ4n) is 4.88. The lowest BCUT2D eigenvalue weighted by atomic mass is 9.79. The molecule has 1 aliphatic heterocycles. The van der Waals surface area contributed by atoms with Gasteiger partial charge in [-0.05, 0) is 74.8 Å². The van der Waals surface area contributed by atoms with E-state index < -0.39 is 17.7 Å². The van der Waals surface area contributed by atoms with E-state index >= 15 is 0 Å². The largest absolute Gasteiger partial charge is 0.272 e. The summed E-state index contributed by atoms with van der Waals surface area (Å²) in [6, 6.07) is 6.86. The summed E-state index contributed by atoms with van der Waals surface area (Å²) in [7, 11) is 0. The lowest BCUT2D eigenvalue weighted by Gasteiger charge is -2.32. The average Bonchev–Trinajstić information content (AvgIpc) is 3.39. The third-order valence-corrected chi connectivity index (χ3v) is 6.45. The number of carbonyl (C=O) groups is 1. The number of fused-ring (bicyclic) bond motifs is 1. The van der Waals surface area contributed by atoms with Crippen molar-refractivity contribution >= 4 is 11.6 Å². The molecule has 1 saturated carbocycles. The number of benzene rings is 1. The predicted molar refractivity (Wildman–Crippen MR) is 111 cm³/mol. The summed E-state index contributed by atoms with van der Waals surface area (Å²) in [4.78, 5) is 23.0. The molecule has 2 aliphatic rings. The van der Waals surface area contributed by atoms with Crippen molar-refractivity contribution < 1.29 is 18.4 Å². The Balaban J connectivity index is 1.21. The number of aryl methyl sites for hydroxylation is 1. The zero-order chi connectivity index (χ0) is 22.2. The van der Waals surface area contributed by atoms with Gasteiger partial charge in [-0.2, -0.15) is 5.10 Å². The maximum atomic E-state index is 13.7. The molecule has 7 nitrogen and oxygen atoms in total. The van der Waals surface area contributed by atoms with Gasteiger partial charge < -0.3 is 0 Å². The van der Waals surface area contributed by atoms with E-state index in [0.717, 1.165) is 49.5 Å². The van der Waals surface area contributed by atoms with Crippen molar-refractivity contribution in [2.75, 3.05) is 6.61 Å². The van der Waals surface area contributed by atoms with Crippen LogP contribution in [0, 0.1) is 30.4 Å². The quantitative estimate of drug-likeness (QED) is 0.613. The SMILES string of the molecule is Cc1nc2ccc(C[C@H]3CC[C@H](C(=O)N4OCC[C@H]4c4cc(F)cc(F)c4)CC3)nn2n1. The van der Waals surface area contributed by atoms with E-state index in [-0.39, 0.29) is 11.8 Å². The molecule has 168 valence electrons. The number of halogens is 2. The Morgan fingerprint density at radius 2 is 1.81 bits per heavy atom. The zero-order valence-electron chi connectivity index (χ0n) is 17.9. The highest BCUT2D eigenvalue weighted by atomic mass is 19.1. The zero-order valence-corrected chi connectivity index (χ0v) is 17.9. The molecular weight excluding hydrogens is 416 g/mol. The molecule has 2 aromatic heterocycles. The van der Waals surface area contributed by atoms with Gasteiger partial charge in [-0.1, -0.05) is 0 Å². The molecule has 1 amide bonds. The predicted octanol–water partition coefficient (Wildman–Crippen LogP) is 3.97. The highest BCUT2D eigenvalue weighted by molar-refractivity contribution is 5.78. The molecule has 0 spiro atoms. The number of hydrogen-bond donors (Lipinski definition) is 0. The van der Waals surface area contributed by atoms with E-state index in [1.165, 1.54) is 17.2 Å². The van der Waals surface area contributed by atoms with Crippen LogP contribution >= 0.6 is 0 Å². The summed E-state index contributed by atoms with van der Waals surface area (Å²) < 4.78 is 28.9. The Bertz CT molecular complexity index is 1120. The van der Waals surface area contributed by atoms with Crippen molar-refractivity contribution in [2.24, 2.45) is 11.8 Å². The van der Waals surface area contributed by atoms with Crippen LogP contribution in [0.25, 0.3) is 5.65 Å². The second-order valence-corrected chi connectivity index (χ2v) is 8.76. The van der Waals surface area contributed by atoms with Crippen molar-refractivity contribution in [3.63, 3.8) is 0 Å². The van der Waals surface area contributed by atoms with Gasteiger partial charge in [0.05, 0.1) is 18.3 Å². The van der Waals surface area contributed by atoms with Crippen LogP contribution in [0.15, 0.2) is 30.3 Å². The van der Waals surface area contributed by atoms with E-state index in [4.69, 9.17) is 4.84 Å². The lowest BCUT2D eigenvalue weighted by Crippen LogP contribution is -2.36. The average molecular weight is 441 g/mol. The van der Waals surface area contributed by atoms with Gasteiger partial charge in [-0.3, -0.25) is 9.63 Å². The van der Waals surface area contributed by atoms with Gasteiger partial charge in [0.1, 0.15) is 17.5 Å². The van der Waals surface area contributed by atoms with Crippen LogP contribution in [0.5, 0.6) is 0 Å². The molecule has 0 unspecified atom stereocenters. The number of aromatic nitrogens is 4. The Hall–Kier alpha value is -2.94. The van der Waals surface area contributed by atoms with Crippen molar-refractivity contribution in [3.8, 4) is 0 Å². The minimum absolute atomic E-state index is 0.0896. The standard InChI is InChI=1S/C23H25F2N5O2/c1-14-26-22-7-6-20(28-30(22)27-14)10-15-2-4-16(5-3-15)23(31)29-21(8-9-32-29)17-11-18(24)13-19(25)12-17/h6-7,11-13,15-16,21H,2-5,8-10H2,1H3/t15-,16-,21-/m0/s1. The minimum Gasteiger partial charge on any atom is -0.272 e. The molecule has 5 rings (SSSR count). The van der Waals surface area contributed by atoms with Gasteiger partial charge in [-0.15, -0.1) is 9.73 Å². The molecular formula is C23H25F2N5O2. The summed E-state index contributed by atoms with van der Waals surface area (Å²) in [5.41, 5.74) is 2.14. The van der Waals surface area contributed by atoms with Gasteiger partial charge in [0.25, 0.3) is 0 Å². The van der Waals surface area contributed by atoms with Gasteiger partial charge in [0.15, 0.2) is 5.65 Å². The molecule has 2 fully saturated rings. The summed E-state index contributed by atoms with van der Waals surface area (Å²) in [5, 5.41) is 10.2. The fraction of sp³-hybridized carbons (Fsp3) is 0.478. The summed E-state index contributed by atoms with van der Waals surface area (Å²) in [5.74, 6) is -0.384. The van der Waals surface area contributed by atoms with Crippen LogP contribution in [0.4, 0.5) is 8.78 Å². The van der Waals surface area contributed by atoms with Crippen LogP contribution in [0.2, 0.25) is 0 Å². The fourth-order valence-corrected chi connectivity index (χ4v) is 4.88. The van der Waals surface area contributed by atoms with Crippen molar-refractivity contribution in [2.45, 2.75) is 51.5 Å². The van der Waals surface area contributed by atoms with Crippen LogP contribution in [0.3, 0.4) is 0 Å². The van der Waals surface area contributed by atoms with Crippen LogP contribution < -0.4 is 0 Å². The first-order valence-electron chi connectivity index (χ1n) is 11.1. The van der Waals surface area contributed by atoms with E-state index in [1.807, 2.05) is 19.1 Å². The van der Waals surface area contributed by atoms with E-state index in [0.29, 0.717) is 30.3 Å². The van der Waals surface area contributed by atoms with Gasteiger partial charge in [0.2, 0.25) is 5.91 Å². The third-order valence-electron chi connectivity index (χ3n) is 6.45. The van der Waals surface area contributed by atoms with Crippen molar-refractivity contribution in [3.05, 3.63) is 59.0 Å². The number of amides is 1. The number of nitrogens with zero attached hydrogens (tertiary/aromatic N) is 5. The van der Waals surface area contributed by atoms with E-state index in [2.05, 4.69) is 15.2 Å². The molecule has 1 atom stereocenters. The highest BCUT2D eigenvalue weighted by Gasteiger charge is 2.37. The topological polar surface area (TPSA) is 72.6 Å². The molecule has 9 heteroatoms. The first-order valence-corrected chi connectivity index (χ1v) is 11.1. The Morgan fingerprint density at radius 1 is 1.06 bits per heavy atom. The first kappa shape index (κ1) is 20.9. The number of hydrogen-bond acceptors (Lipinski definition) is 5. The van der Waals surface area contributed by atoms with Gasteiger partial charge >= 0.3 is 0 Å². The second kappa shape index (κ2) is 8.54.